The molecule has 0 nitrogen and oxygen atoms in total. The monoisotopic (exact) mass is 224 g/mol. The second kappa shape index (κ2) is 4.78. The Hall–Kier alpha value is -0.170. The third-order valence-electron chi connectivity index (χ3n) is 3.23. The van der Waals surface area contributed by atoms with E-state index in [1.54, 1.807) is 0 Å². The lowest BCUT2D eigenvalue weighted by Gasteiger charge is -2.21. The Kier molecular flexibility index (Phi) is 4.11. The van der Waals surface area contributed by atoms with Gasteiger partial charge in [-0.2, -0.15) is 0 Å². The first kappa shape index (κ1) is 12.9. The van der Waals surface area contributed by atoms with Gasteiger partial charge in [0.25, 0.3) is 0 Å². The zero-order chi connectivity index (χ0) is 11.7. The van der Waals surface area contributed by atoms with E-state index in [-0.39, 0.29) is 0 Å². The number of thiol groups is 1. The van der Waals surface area contributed by atoms with E-state index in [9.17, 15) is 0 Å². The molecule has 1 aliphatic rings. The molecule has 1 unspecified atom stereocenters. The van der Waals surface area contributed by atoms with Crippen LogP contribution >= 0.6 is 12.6 Å². The summed E-state index contributed by atoms with van der Waals surface area (Å²) in [5, 5.41) is 0. The molecule has 0 saturated carbocycles. The summed E-state index contributed by atoms with van der Waals surface area (Å²) in [7, 11) is 0. The normalized spacial score (nSPS) is 22.3. The minimum atomic E-state index is 0.593. The zero-order valence-corrected chi connectivity index (χ0v) is 11.7. The highest BCUT2D eigenvalue weighted by atomic mass is 32.1. The Bertz CT molecular complexity index is 292. The molecule has 1 heteroatoms. The minimum absolute atomic E-state index is 0.593. The molecular weight excluding hydrogens is 200 g/mol. The molecule has 0 radical (unpaired) electrons. The van der Waals surface area contributed by atoms with Gasteiger partial charge in [0.05, 0.1) is 0 Å². The molecule has 1 atom stereocenters. The fraction of sp³-hybridized carbons (Fsp3) is 0.714. The summed E-state index contributed by atoms with van der Waals surface area (Å²) in [4.78, 5) is 1.26. The van der Waals surface area contributed by atoms with Crippen molar-refractivity contribution >= 4 is 12.6 Å². The number of rotatable bonds is 3. The Morgan fingerprint density at radius 2 is 1.53 bits per heavy atom. The molecule has 0 fully saturated rings. The standard InChI is InChI=1S/C14H24S/c1-8(2)11-7-12(9(3)4)14(15)13(11)10(5)6/h7-11,15H,1-6H3. The van der Waals surface area contributed by atoms with Crippen LogP contribution in [0.2, 0.25) is 0 Å². The Morgan fingerprint density at radius 3 is 1.80 bits per heavy atom. The lowest BCUT2D eigenvalue weighted by molar-refractivity contribution is 0.490. The van der Waals surface area contributed by atoms with Gasteiger partial charge in [0.2, 0.25) is 0 Å². The van der Waals surface area contributed by atoms with Gasteiger partial charge in [0.1, 0.15) is 0 Å². The minimum Gasteiger partial charge on any atom is -0.143 e. The molecule has 1 rings (SSSR count). The van der Waals surface area contributed by atoms with Gasteiger partial charge >= 0.3 is 0 Å². The molecule has 0 aliphatic heterocycles. The van der Waals surface area contributed by atoms with E-state index in [0.29, 0.717) is 23.7 Å². The molecule has 0 aromatic carbocycles. The Morgan fingerprint density at radius 1 is 1.00 bits per heavy atom. The molecule has 86 valence electrons. The smallest absolute Gasteiger partial charge is 0.00723 e. The number of hydrogen-bond donors (Lipinski definition) is 1. The van der Waals surface area contributed by atoms with Crippen LogP contribution in [0.5, 0.6) is 0 Å². The molecule has 0 saturated heterocycles. The summed E-state index contributed by atoms with van der Waals surface area (Å²) in [6.45, 7) is 13.7. The van der Waals surface area contributed by atoms with Gasteiger partial charge < -0.3 is 0 Å². The molecule has 0 spiro atoms. The van der Waals surface area contributed by atoms with Crippen LogP contribution in [0.3, 0.4) is 0 Å². The molecule has 15 heavy (non-hydrogen) atoms. The van der Waals surface area contributed by atoms with Crippen LogP contribution < -0.4 is 0 Å². The van der Waals surface area contributed by atoms with Crippen molar-refractivity contribution in [3.8, 4) is 0 Å². The second-order valence-electron chi connectivity index (χ2n) is 5.51. The van der Waals surface area contributed by atoms with Crippen molar-refractivity contribution in [1.29, 1.82) is 0 Å². The zero-order valence-electron chi connectivity index (χ0n) is 10.8. The average molecular weight is 224 g/mol. The van der Waals surface area contributed by atoms with E-state index >= 15 is 0 Å². The van der Waals surface area contributed by atoms with Crippen molar-refractivity contribution < 1.29 is 0 Å². The lowest BCUT2D eigenvalue weighted by atomic mass is 9.85. The first-order chi connectivity index (χ1) is 6.86. The van der Waals surface area contributed by atoms with E-state index in [1.165, 1.54) is 16.1 Å². The van der Waals surface area contributed by atoms with Crippen molar-refractivity contribution in [1.82, 2.24) is 0 Å². The highest BCUT2D eigenvalue weighted by molar-refractivity contribution is 7.84. The van der Waals surface area contributed by atoms with Gasteiger partial charge in [-0.3, -0.25) is 0 Å². The predicted octanol–water partition coefficient (Wildman–Crippen LogP) is 4.69. The summed E-state index contributed by atoms with van der Waals surface area (Å²) in [6, 6.07) is 0. The predicted molar refractivity (Wildman–Crippen MR) is 72.1 cm³/mol. The average Bonchev–Trinajstić information content (AvgIpc) is 2.42. The van der Waals surface area contributed by atoms with E-state index < -0.39 is 0 Å². The maximum absolute atomic E-state index is 4.73. The van der Waals surface area contributed by atoms with Crippen molar-refractivity contribution in [2.75, 3.05) is 0 Å². The quantitative estimate of drug-likeness (QED) is 0.660. The molecule has 0 aromatic heterocycles. The van der Waals surface area contributed by atoms with Crippen LogP contribution in [-0.2, 0) is 0 Å². The molecule has 0 aromatic rings. The van der Waals surface area contributed by atoms with Gasteiger partial charge in [-0.25, -0.2) is 0 Å². The second-order valence-corrected chi connectivity index (χ2v) is 5.95. The maximum atomic E-state index is 4.73. The highest BCUT2D eigenvalue weighted by Crippen LogP contribution is 2.43. The van der Waals surface area contributed by atoms with Crippen molar-refractivity contribution in [2.45, 2.75) is 41.5 Å². The van der Waals surface area contributed by atoms with Crippen LogP contribution in [0.4, 0.5) is 0 Å². The largest absolute Gasteiger partial charge is 0.143 e. The van der Waals surface area contributed by atoms with Crippen LogP contribution in [0.1, 0.15) is 41.5 Å². The van der Waals surface area contributed by atoms with Crippen LogP contribution in [0.25, 0.3) is 0 Å². The van der Waals surface area contributed by atoms with Gasteiger partial charge in [-0.05, 0) is 28.9 Å². The number of allylic oxidation sites excluding steroid dienone is 3. The van der Waals surface area contributed by atoms with Gasteiger partial charge in [-0.1, -0.05) is 47.6 Å². The Balaban J connectivity index is 3.11. The fourth-order valence-electron chi connectivity index (χ4n) is 2.36. The fourth-order valence-corrected chi connectivity index (χ4v) is 3.10. The van der Waals surface area contributed by atoms with Crippen molar-refractivity contribution in [2.24, 2.45) is 23.7 Å². The van der Waals surface area contributed by atoms with Crippen LogP contribution in [0.15, 0.2) is 22.1 Å². The third kappa shape index (κ3) is 2.50. The van der Waals surface area contributed by atoms with E-state index in [4.69, 9.17) is 12.6 Å². The summed E-state index contributed by atoms with van der Waals surface area (Å²) >= 11 is 4.73. The first-order valence-corrected chi connectivity index (χ1v) is 6.46. The van der Waals surface area contributed by atoms with Crippen molar-refractivity contribution in [3.63, 3.8) is 0 Å². The molecule has 0 amide bonds. The highest BCUT2D eigenvalue weighted by Gasteiger charge is 2.29. The molecule has 0 heterocycles. The van der Waals surface area contributed by atoms with E-state index in [1.807, 2.05) is 0 Å². The molecule has 1 aliphatic carbocycles. The third-order valence-corrected chi connectivity index (χ3v) is 3.74. The van der Waals surface area contributed by atoms with Crippen molar-refractivity contribution in [3.05, 3.63) is 22.1 Å². The number of hydrogen-bond acceptors (Lipinski definition) is 1. The summed E-state index contributed by atoms with van der Waals surface area (Å²) in [6.07, 6.45) is 2.44. The Labute approximate surface area is 100 Å². The van der Waals surface area contributed by atoms with Crippen LogP contribution in [0, 0.1) is 23.7 Å². The topological polar surface area (TPSA) is 0 Å². The van der Waals surface area contributed by atoms with Gasteiger partial charge in [-0.15, -0.1) is 12.6 Å². The lowest BCUT2D eigenvalue weighted by Crippen LogP contribution is -2.11. The van der Waals surface area contributed by atoms with Crippen LogP contribution in [-0.4, -0.2) is 0 Å². The van der Waals surface area contributed by atoms with Gasteiger partial charge in [0.15, 0.2) is 0 Å². The van der Waals surface area contributed by atoms with E-state index in [0.717, 1.165) is 0 Å². The maximum Gasteiger partial charge on any atom is 0.00723 e. The first-order valence-electron chi connectivity index (χ1n) is 6.01. The summed E-state index contributed by atoms with van der Waals surface area (Å²) in [5.41, 5.74) is 2.98. The summed E-state index contributed by atoms with van der Waals surface area (Å²) < 4.78 is 0. The van der Waals surface area contributed by atoms with Gasteiger partial charge in [0, 0.05) is 10.8 Å². The van der Waals surface area contributed by atoms with E-state index in [2.05, 4.69) is 47.6 Å². The SMILES string of the molecule is CC(C)C1=CC(C(C)C)C(C(C)C)=C1S. The molecular formula is C14H24S. The molecule has 0 bridgehead atoms. The molecule has 0 N–H and O–H groups in total. The summed E-state index contributed by atoms with van der Waals surface area (Å²) in [5.74, 6) is 2.49.